The molecule has 4 aromatic rings. The molecule has 0 unspecified atom stereocenters. The van der Waals surface area contributed by atoms with Crippen molar-refractivity contribution in [2.45, 2.75) is 26.3 Å². The van der Waals surface area contributed by atoms with Crippen molar-refractivity contribution in [1.82, 2.24) is 24.4 Å². The summed E-state index contributed by atoms with van der Waals surface area (Å²) in [5.74, 6) is 1.04. The SMILES string of the molecule is CC(=O)Nc1ccc(Nc2nc(Nc3ccc(N4CCOCC4)cc3)nc3c2ncn3CCN2CCCC2=O)cc1. The molecule has 2 aromatic heterocycles. The van der Waals surface area contributed by atoms with Crippen LogP contribution < -0.4 is 20.9 Å². The summed E-state index contributed by atoms with van der Waals surface area (Å²) in [4.78, 5) is 41.9. The second-order valence-electron chi connectivity index (χ2n) is 10.1. The second kappa shape index (κ2) is 11.8. The van der Waals surface area contributed by atoms with Crippen molar-refractivity contribution in [3.05, 3.63) is 54.9 Å². The number of carbonyl (C=O) groups is 2. The standard InChI is InChI=1S/C29H33N9O3/c1-20(39)31-21-4-6-22(7-5-21)32-27-26-28(38(19-30-26)14-13-37-12-2-3-25(37)40)35-29(34-27)33-23-8-10-24(11-9-23)36-15-17-41-18-16-36/h4-11,19H,2-3,12-18H2,1H3,(H,31,39)(H2,32,33,34,35). The fourth-order valence-corrected chi connectivity index (χ4v) is 5.10. The van der Waals surface area contributed by atoms with Gasteiger partial charge in [0.2, 0.25) is 17.8 Å². The van der Waals surface area contributed by atoms with Gasteiger partial charge in [0.05, 0.1) is 19.5 Å². The molecule has 2 saturated heterocycles. The van der Waals surface area contributed by atoms with Gasteiger partial charge < -0.3 is 35.1 Å². The summed E-state index contributed by atoms with van der Waals surface area (Å²) in [5, 5.41) is 9.48. The third-order valence-electron chi connectivity index (χ3n) is 7.21. The number of ether oxygens (including phenoxy) is 1. The lowest BCUT2D eigenvalue weighted by Gasteiger charge is -2.28. The van der Waals surface area contributed by atoms with Gasteiger partial charge in [-0.05, 0) is 55.0 Å². The molecule has 0 saturated carbocycles. The van der Waals surface area contributed by atoms with Crippen molar-refractivity contribution in [3.63, 3.8) is 0 Å². The number of morpholine rings is 1. The van der Waals surface area contributed by atoms with Crippen molar-refractivity contribution in [1.29, 1.82) is 0 Å². The molecule has 2 aliphatic rings. The van der Waals surface area contributed by atoms with E-state index in [0.717, 1.165) is 56.3 Å². The number of imidazole rings is 1. The molecule has 0 aliphatic carbocycles. The molecule has 6 rings (SSSR count). The first-order valence-corrected chi connectivity index (χ1v) is 13.9. The maximum absolute atomic E-state index is 12.1. The summed E-state index contributed by atoms with van der Waals surface area (Å²) in [5.41, 5.74) is 4.79. The molecule has 41 heavy (non-hydrogen) atoms. The molecule has 2 aromatic carbocycles. The van der Waals surface area contributed by atoms with Gasteiger partial charge in [-0.15, -0.1) is 0 Å². The van der Waals surface area contributed by atoms with Gasteiger partial charge in [0.15, 0.2) is 17.0 Å². The highest BCUT2D eigenvalue weighted by Crippen LogP contribution is 2.27. The first-order chi connectivity index (χ1) is 20.0. The van der Waals surface area contributed by atoms with Crippen LogP contribution in [0.15, 0.2) is 54.9 Å². The number of hydrogen-bond acceptors (Lipinski definition) is 9. The first-order valence-electron chi connectivity index (χ1n) is 13.9. The van der Waals surface area contributed by atoms with Gasteiger partial charge >= 0.3 is 0 Å². The van der Waals surface area contributed by atoms with Crippen LogP contribution in [-0.2, 0) is 20.9 Å². The maximum Gasteiger partial charge on any atom is 0.231 e. The topological polar surface area (TPSA) is 130 Å². The molecule has 0 radical (unpaired) electrons. The number of nitrogens with one attached hydrogen (secondary N) is 3. The highest BCUT2D eigenvalue weighted by molar-refractivity contribution is 5.90. The van der Waals surface area contributed by atoms with E-state index in [-0.39, 0.29) is 11.8 Å². The molecule has 212 valence electrons. The largest absolute Gasteiger partial charge is 0.378 e. The van der Waals surface area contributed by atoms with E-state index in [1.54, 1.807) is 6.33 Å². The zero-order valence-electron chi connectivity index (χ0n) is 23.0. The Morgan fingerprint density at radius 3 is 2.32 bits per heavy atom. The Hall–Kier alpha value is -4.71. The molecule has 0 bridgehead atoms. The van der Waals surface area contributed by atoms with Crippen LogP contribution in [0.4, 0.5) is 34.5 Å². The Bertz CT molecular complexity index is 1530. The molecular weight excluding hydrogens is 522 g/mol. The van der Waals surface area contributed by atoms with Gasteiger partial charge in [0, 0.05) is 68.8 Å². The van der Waals surface area contributed by atoms with E-state index in [1.807, 2.05) is 45.9 Å². The zero-order chi connectivity index (χ0) is 28.2. The Labute approximate surface area is 237 Å². The van der Waals surface area contributed by atoms with Crippen molar-refractivity contribution < 1.29 is 14.3 Å². The van der Waals surface area contributed by atoms with Crippen molar-refractivity contribution >= 4 is 57.5 Å². The van der Waals surface area contributed by atoms with Crippen molar-refractivity contribution in [2.75, 3.05) is 60.2 Å². The van der Waals surface area contributed by atoms with E-state index in [1.165, 1.54) is 6.92 Å². The number of hydrogen-bond donors (Lipinski definition) is 3. The molecule has 3 N–H and O–H groups in total. The van der Waals surface area contributed by atoms with Crippen LogP contribution in [0.5, 0.6) is 0 Å². The number of aromatic nitrogens is 4. The monoisotopic (exact) mass is 555 g/mol. The summed E-state index contributed by atoms with van der Waals surface area (Å²) >= 11 is 0. The minimum absolute atomic E-state index is 0.127. The fourth-order valence-electron chi connectivity index (χ4n) is 5.10. The Morgan fingerprint density at radius 1 is 0.902 bits per heavy atom. The highest BCUT2D eigenvalue weighted by Gasteiger charge is 2.21. The molecular formula is C29H33N9O3. The number of nitrogens with zero attached hydrogens (tertiary/aromatic N) is 6. The van der Waals surface area contributed by atoms with Crippen LogP contribution in [0, 0.1) is 0 Å². The molecule has 0 atom stereocenters. The van der Waals surface area contributed by atoms with Crippen LogP contribution in [0.3, 0.4) is 0 Å². The van der Waals surface area contributed by atoms with E-state index < -0.39 is 0 Å². The number of benzene rings is 2. The number of rotatable bonds is 9. The third kappa shape index (κ3) is 6.22. The summed E-state index contributed by atoms with van der Waals surface area (Å²) in [6.45, 7) is 6.67. The summed E-state index contributed by atoms with van der Waals surface area (Å²) in [6, 6.07) is 15.6. The second-order valence-corrected chi connectivity index (χ2v) is 10.1. The fraction of sp³-hybridized carbons (Fsp3) is 0.345. The summed E-state index contributed by atoms with van der Waals surface area (Å²) in [6.07, 6.45) is 3.25. The Morgan fingerprint density at radius 2 is 1.61 bits per heavy atom. The van der Waals surface area contributed by atoms with E-state index in [4.69, 9.17) is 14.7 Å². The highest BCUT2D eigenvalue weighted by atomic mass is 16.5. The zero-order valence-corrected chi connectivity index (χ0v) is 23.0. The number of anilines is 6. The van der Waals surface area contributed by atoms with Gasteiger partial charge in [0.1, 0.15) is 0 Å². The van der Waals surface area contributed by atoms with Crippen LogP contribution in [0.25, 0.3) is 11.2 Å². The predicted octanol–water partition coefficient (Wildman–Crippen LogP) is 3.73. The van der Waals surface area contributed by atoms with Crippen LogP contribution >= 0.6 is 0 Å². The van der Waals surface area contributed by atoms with E-state index >= 15 is 0 Å². The normalized spacial score (nSPS) is 15.4. The summed E-state index contributed by atoms with van der Waals surface area (Å²) < 4.78 is 7.43. The number of fused-ring (bicyclic) bond motifs is 1. The van der Waals surface area contributed by atoms with E-state index in [9.17, 15) is 9.59 Å². The van der Waals surface area contributed by atoms with E-state index in [2.05, 4.69) is 38.0 Å². The lowest BCUT2D eigenvalue weighted by Crippen LogP contribution is -2.36. The Kier molecular flexibility index (Phi) is 7.63. The van der Waals surface area contributed by atoms with Gasteiger partial charge in [-0.3, -0.25) is 9.59 Å². The van der Waals surface area contributed by atoms with Crippen molar-refractivity contribution in [3.8, 4) is 0 Å². The van der Waals surface area contributed by atoms with Gasteiger partial charge in [-0.1, -0.05) is 0 Å². The van der Waals surface area contributed by atoms with Crippen LogP contribution in [-0.4, -0.2) is 75.6 Å². The van der Waals surface area contributed by atoms with Crippen molar-refractivity contribution in [2.24, 2.45) is 0 Å². The maximum atomic E-state index is 12.1. The van der Waals surface area contributed by atoms with Crippen LogP contribution in [0.2, 0.25) is 0 Å². The number of carbonyl (C=O) groups excluding carboxylic acids is 2. The molecule has 4 heterocycles. The quantitative estimate of drug-likeness (QED) is 0.283. The minimum atomic E-state index is -0.127. The van der Waals surface area contributed by atoms with Crippen LogP contribution in [0.1, 0.15) is 19.8 Å². The third-order valence-corrected chi connectivity index (χ3v) is 7.21. The average Bonchev–Trinajstić information content (AvgIpc) is 3.59. The lowest BCUT2D eigenvalue weighted by molar-refractivity contribution is -0.127. The average molecular weight is 556 g/mol. The molecule has 2 amide bonds. The predicted molar refractivity (Wildman–Crippen MR) is 158 cm³/mol. The molecule has 0 spiro atoms. The lowest BCUT2D eigenvalue weighted by atomic mass is 10.2. The van der Waals surface area contributed by atoms with Gasteiger partial charge in [-0.2, -0.15) is 9.97 Å². The van der Waals surface area contributed by atoms with Gasteiger partial charge in [-0.25, -0.2) is 4.98 Å². The minimum Gasteiger partial charge on any atom is -0.378 e. The molecule has 12 heteroatoms. The number of amides is 2. The molecule has 2 fully saturated rings. The summed E-state index contributed by atoms with van der Waals surface area (Å²) in [7, 11) is 0. The molecule has 12 nitrogen and oxygen atoms in total. The van der Waals surface area contributed by atoms with Gasteiger partial charge in [0.25, 0.3) is 0 Å². The number of likely N-dealkylation sites (tertiary alicyclic amines) is 1. The Balaban J connectivity index is 1.27. The molecule has 2 aliphatic heterocycles. The smallest absolute Gasteiger partial charge is 0.231 e. The first kappa shape index (κ1) is 26.5. The van der Waals surface area contributed by atoms with E-state index in [0.29, 0.717) is 48.1 Å².